The molecule has 0 radical (unpaired) electrons. The molecule has 7 rings (SSSR count). The zero-order chi connectivity index (χ0) is 30.7. The van der Waals surface area contributed by atoms with Gasteiger partial charge in [-0.1, -0.05) is 18.3 Å². The summed E-state index contributed by atoms with van der Waals surface area (Å²) in [4.78, 5) is 26.1. The first kappa shape index (κ1) is 28.6. The smallest absolute Gasteiger partial charge is 0.320 e. The molecule has 0 aliphatic carbocycles. The Labute approximate surface area is 259 Å². The third-order valence-electron chi connectivity index (χ3n) is 9.38. The fourth-order valence-corrected chi connectivity index (χ4v) is 7.64. The molecule has 1 N–H and O–H groups in total. The van der Waals surface area contributed by atoms with Crippen LogP contribution in [0.5, 0.6) is 0 Å². The minimum atomic E-state index is -0.379. The number of nitrogens with zero attached hydrogens (tertiary/aromatic N) is 8. The molecule has 2 amide bonds. The summed E-state index contributed by atoms with van der Waals surface area (Å²) < 4.78 is 15.5. The van der Waals surface area contributed by atoms with Crippen LogP contribution in [0.4, 0.5) is 25.7 Å². The largest absolute Gasteiger partial charge is 0.389 e. The zero-order valence-electron chi connectivity index (χ0n) is 25.1. The number of carbonyl (C=O) groups excluding carboxylic acids is 1. The zero-order valence-corrected chi connectivity index (χ0v) is 25.9. The molecule has 12 heteroatoms. The van der Waals surface area contributed by atoms with E-state index in [4.69, 9.17) is 10.1 Å². The standard InChI is InChI=1S/C32H35FN8O2S/c1-4-25-29(37(3)30-35-28(27(15-34)44-30)21-5-7-22(33)8-6-21)26-14-23(13-20(2)41(26)36-25)40-18-32(19-40)9-11-38(12-10-32)31(43)39-16-24(42)17-39/h5-8,13-14,24,42H,4,9-12,16-19H2,1-3H3. The number of carbonyl (C=O) groups is 1. The Balaban J connectivity index is 1.13. The molecule has 3 saturated heterocycles. The summed E-state index contributed by atoms with van der Waals surface area (Å²) >= 11 is 1.32. The Kier molecular flexibility index (Phi) is 6.98. The van der Waals surface area contributed by atoms with Crippen molar-refractivity contribution in [2.45, 2.75) is 39.2 Å². The van der Waals surface area contributed by atoms with Crippen molar-refractivity contribution >= 4 is 39.4 Å². The number of nitriles is 1. The van der Waals surface area contributed by atoms with Crippen LogP contribution in [-0.2, 0) is 6.42 Å². The van der Waals surface area contributed by atoms with Crippen LogP contribution in [0.25, 0.3) is 16.8 Å². The number of likely N-dealkylation sites (tertiary alicyclic amines) is 2. The van der Waals surface area contributed by atoms with E-state index in [2.05, 4.69) is 36.9 Å². The Bertz CT molecular complexity index is 1770. The molecule has 1 spiro atoms. The van der Waals surface area contributed by atoms with Gasteiger partial charge in [0.2, 0.25) is 0 Å². The molecule has 0 saturated carbocycles. The van der Waals surface area contributed by atoms with Gasteiger partial charge in [0.05, 0.1) is 36.1 Å². The molecular weight excluding hydrogens is 579 g/mol. The molecule has 1 aromatic carbocycles. The van der Waals surface area contributed by atoms with Crippen molar-refractivity contribution in [3.63, 3.8) is 0 Å². The van der Waals surface area contributed by atoms with E-state index in [1.165, 1.54) is 23.5 Å². The van der Waals surface area contributed by atoms with Crippen molar-refractivity contribution in [1.29, 1.82) is 5.26 Å². The number of hydrogen-bond acceptors (Lipinski definition) is 8. The second-order valence-electron chi connectivity index (χ2n) is 12.3. The van der Waals surface area contributed by atoms with Crippen LogP contribution in [-0.4, -0.2) is 88.0 Å². The highest BCUT2D eigenvalue weighted by atomic mass is 32.1. The molecule has 44 heavy (non-hydrogen) atoms. The lowest BCUT2D eigenvalue weighted by atomic mass is 9.72. The highest BCUT2D eigenvalue weighted by Crippen LogP contribution is 2.45. The van der Waals surface area contributed by atoms with Gasteiger partial charge in [0.15, 0.2) is 5.13 Å². The van der Waals surface area contributed by atoms with Gasteiger partial charge in [0, 0.05) is 55.6 Å². The Morgan fingerprint density at radius 3 is 2.52 bits per heavy atom. The number of thiazole rings is 1. The fourth-order valence-electron chi connectivity index (χ4n) is 6.78. The van der Waals surface area contributed by atoms with Gasteiger partial charge in [-0.15, -0.1) is 0 Å². The number of fused-ring (bicyclic) bond motifs is 1. The molecule has 0 bridgehead atoms. The summed E-state index contributed by atoms with van der Waals surface area (Å²) in [5.74, 6) is -0.331. The van der Waals surface area contributed by atoms with E-state index in [1.54, 1.807) is 17.0 Å². The molecule has 228 valence electrons. The maximum Gasteiger partial charge on any atom is 0.320 e. The average Bonchev–Trinajstić information content (AvgIpc) is 3.60. The summed E-state index contributed by atoms with van der Waals surface area (Å²) in [7, 11) is 1.96. The van der Waals surface area contributed by atoms with Gasteiger partial charge < -0.3 is 24.7 Å². The summed E-state index contributed by atoms with van der Waals surface area (Å²) in [6, 6.07) is 12.8. The summed E-state index contributed by atoms with van der Waals surface area (Å²) in [5, 5.41) is 25.1. The van der Waals surface area contributed by atoms with Crippen LogP contribution in [0.2, 0.25) is 0 Å². The van der Waals surface area contributed by atoms with Crippen molar-refractivity contribution in [1.82, 2.24) is 24.4 Å². The number of aliphatic hydroxyl groups is 1. The van der Waals surface area contributed by atoms with Gasteiger partial charge in [-0.2, -0.15) is 10.4 Å². The lowest BCUT2D eigenvalue weighted by Gasteiger charge is -2.55. The van der Waals surface area contributed by atoms with Crippen LogP contribution >= 0.6 is 11.3 Å². The second kappa shape index (κ2) is 10.7. The van der Waals surface area contributed by atoms with Gasteiger partial charge in [0.25, 0.3) is 0 Å². The highest BCUT2D eigenvalue weighted by molar-refractivity contribution is 7.16. The minimum absolute atomic E-state index is 0.0541. The fraction of sp³-hybridized carbons (Fsp3) is 0.438. The maximum atomic E-state index is 13.6. The minimum Gasteiger partial charge on any atom is -0.389 e. The Morgan fingerprint density at radius 1 is 1.18 bits per heavy atom. The first-order valence-electron chi connectivity index (χ1n) is 15.1. The molecule has 6 heterocycles. The molecule has 3 fully saturated rings. The molecule has 0 atom stereocenters. The summed E-state index contributed by atoms with van der Waals surface area (Å²) in [6.45, 7) is 8.46. The first-order chi connectivity index (χ1) is 21.2. The number of aliphatic hydroxyl groups excluding tert-OH is 1. The number of rotatable bonds is 5. The van der Waals surface area contributed by atoms with E-state index in [-0.39, 0.29) is 23.4 Å². The van der Waals surface area contributed by atoms with Crippen molar-refractivity contribution in [2.24, 2.45) is 5.41 Å². The van der Waals surface area contributed by atoms with E-state index >= 15 is 0 Å². The number of benzene rings is 1. The normalized spacial score (nSPS) is 18.0. The molecule has 3 aromatic heterocycles. The van der Waals surface area contributed by atoms with Crippen LogP contribution in [0.1, 0.15) is 36.0 Å². The lowest BCUT2D eigenvalue weighted by Crippen LogP contribution is -2.63. The molecular formula is C32H35FN8O2S. The predicted molar refractivity (Wildman–Crippen MR) is 168 cm³/mol. The number of halogens is 1. The Morgan fingerprint density at radius 2 is 1.89 bits per heavy atom. The van der Waals surface area contributed by atoms with Crippen LogP contribution < -0.4 is 9.80 Å². The number of aromatic nitrogens is 3. The summed E-state index contributed by atoms with van der Waals surface area (Å²) in [5.41, 5.74) is 6.53. The van der Waals surface area contributed by atoms with E-state index in [1.807, 2.05) is 21.4 Å². The van der Waals surface area contributed by atoms with Crippen molar-refractivity contribution in [3.05, 3.63) is 58.5 Å². The molecule has 0 unspecified atom stereocenters. The van der Waals surface area contributed by atoms with Gasteiger partial charge in [-0.25, -0.2) is 18.7 Å². The second-order valence-corrected chi connectivity index (χ2v) is 13.3. The topological polar surface area (TPSA) is 104 Å². The maximum absolute atomic E-state index is 13.6. The summed E-state index contributed by atoms with van der Waals surface area (Å²) in [6.07, 6.45) is 2.32. The molecule has 4 aromatic rings. The van der Waals surface area contributed by atoms with E-state index < -0.39 is 0 Å². The third kappa shape index (κ3) is 4.75. The Hall–Kier alpha value is -4.21. The van der Waals surface area contributed by atoms with Crippen molar-refractivity contribution in [3.8, 4) is 17.3 Å². The number of aryl methyl sites for hydroxylation is 2. The first-order valence-corrected chi connectivity index (χ1v) is 15.9. The number of piperidine rings is 1. The molecule has 10 nitrogen and oxygen atoms in total. The lowest BCUT2D eigenvalue weighted by molar-refractivity contribution is 0.00545. The van der Waals surface area contributed by atoms with Gasteiger partial charge >= 0.3 is 6.03 Å². The van der Waals surface area contributed by atoms with Gasteiger partial charge in [-0.05, 0) is 62.6 Å². The van der Waals surface area contributed by atoms with Gasteiger partial charge in [0.1, 0.15) is 22.5 Å². The monoisotopic (exact) mass is 614 g/mol. The number of hydrogen-bond donors (Lipinski definition) is 1. The van der Waals surface area contributed by atoms with Crippen molar-refractivity contribution in [2.75, 3.05) is 56.1 Å². The number of β-amino-alcohol motifs (C(OH)–C–C–N with tert-alkyl or cyclic N) is 1. The quantitative estimate of drug-likeness (QED) is 0.344. The van der Waals surface area contributed by atoms with Crippen LogP contribution in [0, 0.1) is 29.5 Å². The number of anilines is 3. The number of amides is 2. The van der Waals surface area contributed by atoms with E-state index in [9.17, 15) is 19.6 Å². The van der Waals surface area contributed by atoms with Crippen LogP contribution in [0.3, 0.4) is 0 Å². The number of urea groups is 1. The van der Waals surface area contributed by atoms with E-state index in [0.29, 0.717) is 34.4 Å². The number of pyridine rings is 1. The molecule has 3 aliphatic heterocycles. The van der Waals surface area contributed by atoms with Gasteiger partial charge in [-0.3, -0.25) is 0 Å². The third-order valence-corrected chi connectivity index (χ3v) is 10.4. The van der Waals surface area contributed by atoms with Crippen LogP contribution in [0.15, 0.2) is 36.4 Å². The van der Waals surface area contributed by atoms with E-state index in [0.717, 1.165) is 73.7 Å². The highest BCUT2D eigenvalue weighted by Gasteiger charge is 2.46. The van der Waals surface area contributed by atoms with Crippen molar-refractivity contribution < 1.29 is 14.3 Å². The SMILES string of the molecule is CCc1nn2c(C)cc(N3CC4(CCN(C(=O)N5CC(O)C5)CC4)C3)cc2c1N(C)c1nc(-c2ccc(F)cc2)c(C#N)s1. The predicted octanol–water partition coefficient (Wildman–Crippen LogP) is 4.81. The average molecular weight is 615 g/mol. The molecule has 3 aliphatic rings.